The van der Waals surface area contributed by atoms with Gasteiger partial charge in [-0.1, -0.05) is 6.42 Å². The number of methoxy groups -OCH3 is 1. The van der Waals surface area contributed by atoms with Crippen molar-refractivity contribution in [3.63, 3.8) is 0 Å². The number of piperidine rings is 1. The predicted octanol–water partition coefficient (Wildman–Crippen LogP) is 0.636. The molecule has 0 aliphatic carbocycles. The van der Waals surface area contributed by atoms with Crippen LogP contribution in [0.5, 0.6) is 0 Å². The summed E-state index contributed by atoms with van der Waals surface area (Å²) in [5, 5.41) is 0. The van der Waals surface area contributed by atoms with E-state index in [0.717, 1.165) is 51.7 Å². The molecule has 1 amide bonds. The molecule has 5 heteroatoms. The van der Waals surface area contributed by atoms with Gasteiger partial charge in [0.1, 0.15) is 6.04 Å². The van der Waals surface area contributed by atoms with Crippen LogP contribution in [0.2, 0.25) is 0 Å². The zero-order valence-electron chi connectivity index (χ0n) is 11.1. The van der Waals surface area contributed by atoms with Gasteiger partial charge in [0.25, 0.3) is 0 Å². The highest BCUT2D eigenvalue weighted by atomic mass is 16.5. The fraction of sp³-hybridized carbons (Fsp3) is 0.846. The van der Waals surface area contributed by atoms with Crippen LogP contribution in [0.4, 0.5) is 0 Å². The van der Waals surface area contributed by atoms with E-state index in [2.05, 4.69) is 0 Å². The Bertz CT molecular complexity index is 313. The van der Waals surface area contributed by atoms with Crippen LogP contribution >= 0.6 is 0 Å². The van der Waals surface area contributed by atoms with E-state index in [-0.39, 0.29) is 17.9 Å². The van der Waals surface area contributed by atoms with Crippen LogP contribution in [-0.4, -0.2) is 61.0 Å². The Morgan fingerprint density at radius 2 is 1.78 bits per heavy atom. The number of hydrogen-bond acceptors (Lipinski definition) is 4. The van der Waals surface area contributed by atoms with E-state index in [1.165, 1.54) is 7.11 Å². The normalized spacial score (nSPS) is 25.2. The topological polar surface area (TPSA) is 49.9 Å². The fourth-order valence-corrected chi connectivity index (χ4v) is 2.82. The number of carbonyl (C=O) groups is 2. The van der Waals surface area contributed by atoms with Gasteiger partial charge in [-0.3, -0.25) is 14.5 Å². The van der Waals surface area contributed by atoms with E-state index in [1.54, 1.807) is 0 Å². The molecule has 2 heterocycles. The number of ether oxygens (including phenoxy) is 1. The summed E-state index contributed by atoms with van der Waals surface area (Å²) in [5.41, 5.74) is 0. The van der Waals surface area contributed by atoms with Crippen molar-refractivity contribution < 1.29 is 14.3 Å². The quantitative estimate of drug-likeness (QED) is 0.693. The van der Waals surface area contributed by atoms with Gasteiger partial charge in [0.2, 0.25) is 5.91 Å². The predicted molar refractivity (Wildman–Crippen MR) is 67.0 cm³/mol. The summed E-state index contributed by atoms with van der Waals surface area (Å²) < 4.78 is 4.82. The van der Waals surface area contributed by atoms with Crippen molar-refractivity contribution in [1.82, 2.24) is 9.80 Å². The second-order valence-electron chi connectivity index (χ2n) is 5.09. The van der Waals surface area contributed by atoms with E-state index in [1.807, 2.05) is 9.80 Å². The number of esters is 1. The molecule has 2 aliphatic heterocycles. The average Bonchev–Trinajstić information content (AvgIpc) is 2.92. The molecule has 0 saturated carbocycles. The Morgan fingerprint density at radius 3 is 2.44 bits per heavy atom. The number of rotatable bonds is 3. The number of likely N-dealkylation sites (tertiary alicyclic amines) is 2. The van der Waals surface area contributed by atoms with Gasteiger partial charge in [0, 0.05) is 13.1 Å². The lowest BCUT2D eigenvalue weighted by Gasteiger charge is -2.34. The fourth-order valence-electron chi connectivity index (χ4n) is 2.82. The first-order valence-corrected chi connectivity index (χ1v) is 6.82. The Labute approximate surface area is 108 Å². The van der Waals surface area contributed by atoms with Crippen molar-refractivity contribution in [2.45, 2.75) is 38.1 Å². The van der Waals surface area contributed by atoms with E-state index in [0.29, 0.717) is 6.54 Å². The van der Waals surface area contributed by atoms with Crippen LogP contribution in [0.25, 0.3) is 0 Å². The van der Waals surface area contributed by atoms with Crippen molar-refractivity contribution in [1.29, 1.82) is 0 Å². The molecule has 0 N–H and O–H groups in total. The van der Waals surface area contributed by atoms with Gasteiger partial charge in [-0.2, -0.15) is 0 Å². The van der Waals surface area contributed by atoms with E-state index in [9.17, 15) is 9.59 Å². The molecule has 2 rings (SSSR count). The van der Waals surface area contributed by atoms with E-state index < -0.39 is 0 Å². The van der Waals surface area contributed by atoms with Gasteiger partial charge in [-0.05, 0) is 32.2 Å². The van der Waals surface area contributed by atoms with Gasteiger partial charge in [0.15, 0.2) is 0 Å². The maximum atomic E-state index is 12.1. The van der Waals surface area contributed by atoms with Gasteiger partial charge >= 0.3 is 5.97 Å². The van der Waals surface area contributed by atoms with Crippen molar-refractivity contribution in [3.8, 4) is 0 Å². The molecule has 2 fully saturated rings. The Kier molecular flexibility index (Phi) is 4.58. The van der Waals surface area contributed by atoms with Gasteiger partial charge in [-0.25, -0.2) is 0 Å². The molecule has 0 bridgehead atoms. The Hall–Kier alpha value is -1.10. The highest BCUT2D eigenvalue weighted by Crippen LogP contribution is 2.18. The van der Waals surface area contributed by atoms with Crippen molar-refractivity contribution in [2.75, 3.05) is 33.3 Å². The van der Waals surface area contributed by atoms with Crippen LogP contribution in [0.1, 0.15) is 32.1 Å². The largest absolute Gasteiger partial charge is 0.468 e. The molecule has 0 aromatic carbocycles. The summed E-state index contributed by atoms with van der Waals surface area (Å²) in [7, 11) is 1.41. The highest BCUT2D eigenvalue weighted by Gasteiger charge is 2.32. The third-order valence-corrected chi connectivity index (χ3v) is 3.88. The molecule has 0 radical (unpaired) electrons. The monoisotopic (exact) mass is 254 g/mol. The Balaban J connectivity index is 1.92. The lowest BCUT2D eigenvalue weighted by atomic mass is 10.0. The van der Waals surface area contributed by atoms with Crippen LogP contribution < -0.4 is 0 Å². The molecule has 18 heavy (non-hydrogen) atoms. The second kappa shape index (κ2) is 6.18. The SMILES string of the molecule is COC(=O)[C@H]1CCCCN1CC(=O)N1CCCC1. The first-order valence-electron chi connectivity index (χ1n) is 6.82. The van der Waals surface area contributed by atoms with Gasteiger partial charge < -0.3 is 9.64 Å². The first kappa shape index (κ1) is 13.3. The highest BCUT2D eigenvalue weighted by molar-refractivity contribution is 5.80. The smallest absolute Gasteiger partial charge is 0.323 e. The zero-order valence-corrected chi connectivity index (χ0v) is 11.1. The van der Waals surface area contributed by atoms with E-state index >= 15 is 0 Å². The molecule has 0 aromatic heterocycles. The van der Waals surface area contributed by atoms with Crippen LogP contribution in [0.15, 0.2) is 0 Å². The number of hydrogen-bond donors (Lipinski definition) is 0. The molecule has 0 spiro atoms. The van der Waals surface area contributed by atoms with Crippen molar-refractivity contribution in [3.05, 3.63) is 0 Å². The average molecular weight is 254 g/mol. The summed E-state index contributed by atoms with van der Waals surface area (Å²) in [6.07, 6.45) is 5.10. The third kappa shape index (κ3) is 3.02. The lowest BCUT2D eigenvalue weighted by Crippen LogP contribution is -2.49. The minimum Gasteiger partial charge on any atom is -0.468 e. The van der Waals surface area contributed by atoms with Crippen molar-refractivity contribution in [2.24, 2.45) is 0 Å². The summed E-state index contributed by atoms with van der Waals surface area (Å²) in [5.74, 6) is -0.0489. The van der Waals surface area contributed by atoms with Crippen molar-refractivity contribution >= 4 is 11.9 Å². The Morgan fingerprint density at radius 1 is 1.11 bits per heavy atom. The number of carbonyl (C=O) groups excluding carboxylic acids is 2. The zero-order chi connectivity index (χ0) is 13.0. The van der Waals surface area contributed by atoms with Crippen LogP contribution in [0.3, 0.4) is 0 Å². The number of nitrogens with zero attached hydrogens (tertiary/aromatic N) is 2. The summed E-state index contributed by atoms with van der Waals surface area (Å²) >= 11 is 0. The lowest BCUT2D eigenvalue weighted by molar-refractivity contribution is -0.149. The molecule has 102 valence electrons. The standard InChI is InChI=1S/C13H22N2O3/c1-18-13(17)11-6-2-3-9-15(11)10-12(16)14-7-4-5-8-14/h11H,2-10H2,1H3/t11-/m1/s1. The number of amides is 1. The summed E-state index contributed by atoms with van der Waals surface area (Å²) in [4.78, 5) is 27.7. The first-order chi connectivity index (χ1) is 8.72. The second-order valence-corrected chi connectivity index (χ2v) is 5.09. The molecule has 5 nitrogen and oxygen atoms in total. The summed E-state index contributed by atoms with van der Waals surface area (Å²) in [6, 6.07) is -0.227. The molecular formula is C13H22N2O3. The van der Waals surface area contributed by atoms with Crippen LogP contribution in [0, 0.1) is 0 Å². The minimum atomic E-state index is -0.227. The molecule has 0 unspecified atom stereocenters. The molecule has 0 aromatic rings. The van der Waals surface area contributed by atoms with Crippen LogP contribution in [-0.2, 0) is 14.3 Å². The maximum Gasteiger partial charge on any atom is 0.323 e. The molecular weight excluding hydrogens is 232 g/mol. The molecule has 2 aliphatic rings. The minimum absolute atomic E-state index is 0.156. The molecule has 2 saturated heterocycles. The third-order valence-electron chi connectivity index (χ3n) is 3.88. The van der Waals surface area contributed by atoms with Gasteiger partial charge in [-0.15, -0.1) is 0 Å². The summed E-state index contributed by atoms with van der Waals surface area (Å²) in [6.45, 7) is 2.92. The molecule has 1 atom stereocenters. The maximum absolute atomic E-state index is 12.1. The van der Waals surface area contributed by atoms with Gasteiger partial charge in [0.05, 0.1) is 13.7 Å². The van der Waals surface area contributed by atoms with E-state index in [4.69, 9.17) is 4.74 Å².